The number of carbonyl (C=O) groups excluding carboxylic acids is 1. The zero-order valence-corrected chi connectivity index (χ0v) is 9.59. The summed E-state index contributed by atoms with van der Waals surface area (Å²) in [4.78, 5) is 15.6. The summed E-state index contributed by atoms with van der Waals surface area (Å²) < 4.78 is 0. The van der Waals surface area contributed by atoms with Gasteiger partial charge in [-0.2, -0.15) is 0 Å². The predicted octanol–water partition coefficient (Wildman–Crippen LogP) is 2.31. The van der Waals surface area contributed by atoms with Gasteiger partial charge in [0.15, 0.2) is 0 Å². The van der Waals surface area contributed by atoms with Crippen molar-refractivity contribution in [3.05, 3.63) is 23.9 Å². The van der Waals surface area contributed by atoms with Crippen LogP contribution in [0.4, 0.5) is 10.6 Å². The number of rotatable bonds is 1. The average Bonchev–Trinajstić information content (AvgIpc) is 1.99. The monoisotopic (exact) mass is 207 g/mol. The molecule has 4 nitrogen and oxygen atoms in total. The third-order valence-corrected chi connectivity index (χ3v) is 1.62. The highest BCUT2D eigenvalue weighted by molar-refractivity contribution is 5.88. The lowest BCUT2D eigenvalue weighted by atomic mass is 10.1. The third kappa shape index (κ3) is 4.44. The van der Waals surface area contributed by atoms with Crippen molar-refractivity contribution in [2.45, 2.75) is 33.2 Å². The summed E-state index contributed by atoms with van der Waals surface area (Å²) in [6.45, 7) is 7.66. The second-order valence-electron chi connectivity index (χ2n) is 4.49. The number of pyridine rings is 1. The summed E-state index contributed by atoms with van der Waals surface area (Å²) in [7, 11) is 0. The molecular formula is C11H17N3O. The van der Waals surface area contributed by atoms with Gasteiger partial charge in [-0.1, -0.05) is 6.07 Å². The second kappa shape index (κ2) is 4.29. The van der Waals surface area contributed by atoms with E-state index in [1.807, 2.05) is 39.8 Å². The topological polar surface area (TPSA) is 54.0 Å². The van der Waals surface area contributed by atoms with Crippen LogP contribution in [0.1, 0.15) is 26.5 Å². The fourth-order valence-electron chi connectivity index (χ4n) is 1.10. The molecule has 0 unspecified atom stereocenters. The van der Waals surface area contributed by atoms with E-state index in [0.717, 1.165) is 5.69 Å². The van der Waals surface area contributed by atoms with E-state index in [0.29, 0.717) is 5.82 Å². The van der Waals surface area contributed by atoms with Gasteiger partial charge in [-0.05, 0) is 39.8 Å². The summed E-state index contributed by atoms with van der Waals surface area (Å²) >= 11 is 0. The summed E-state index contributed by atoms with van der Waals surface area (Å²) in [6.07, 6.45) is 0. The Bertz CT molecular complexity index is 355. The van der Waals surface area contributed by atoms with E-state index in [1.165, 1.54) is 0 Å². The molecule has 0 fully saturated rings. The van der Waals surface area contributed by atoms with Gasteiger partial charge in [0.2, 0.25) is 0 Å². The molecule has 4 heteroatoms. The van der Waals surface area contributed by atoms with Crippen LogP contribution in [0.2, 0.25) is 0 Å². The fourth-order valence-corrected chi connectivity index (χ4v) is 1.10. The highest BCUT2D eigenvalue weighted by Gasteiger charge is 2.13. The van der Waals surface area contributed by atoms with Crippen LogP contribution in [0, 0.1) is 6.92 Å². The van der Waals surface area contributed by atoms with Gasteiger partial charge in [0.1, 0.15) is 5.82 Å². The Morgan fingerprint density at radius 3 is 2.53 bits per heavy atom. The van der Waals surface area contributed by atoms with Crippen molar-refractivity contribution >= 4 is 11.8 Å². The van der Waals surface area contributed by atoms with Crippen molar-refractivity contribution < 1.29 is 4.79 Å². The van der Waals surface area contributed by atoms with Crippen molar-refractivity contribution in [3.63, 3.8) is 0 Å². The summed E-state index contributed by atoms with van der Waals surface area (Å²) in [5.41, 5.74) is 0.636. The SMILES string of the molecule is Cc1cccc(NC(=O)NC(C)(C)C)n1. The number of aromatic nitrogens is 1. The average molecular weight is 207 g/mol. The normalized spacial score (nSPS) is 10.9. The van der Waals surface area contributed by atoms with Crippen molar-refractivity contribution in [1.29, 1.82) is 0 Å². The molecule has 82 valence electrons. The number of hydrogen-bond donors (Lipinski definition) is 2. The van der Waals surface area contributed by atoms with E-state index in [2.05, 4.69) is 15.6 Å². The number of nitrogens with zero attached hydrogens (tertiary/aromatic N) is 1. The predicted molar refractivity (Wildman–Crippen MR) is 60.9 cm³/mol. The first kappa shape index (κ1) is 11.5. The minimum atomic E-state index is -0.242. The van der Waals surface area contributed by atoms with E-state index >= 15 is 0 Å². The van der Waals surface area contributed by atoms with E-state index in [-0.39, 0.29) is 11.6 Å². The highest BCUT2D eigenvalue weighted by atomic mass is 16.2. The molecule has 0 saturated carbocycles. The molecule has 1 heterocycles. The van der Waals surface area contributed by atoms with Crippen LogP contribution in [-0.4, -0.2) is 16.6 Å². The van der Waals surface area contributed by atoms with Crippen LogP contribution in [0.3, 0.4) is 0 Å². The molecule has 1 aromatic rings. The standard InChI is InChI=1S/C11H17N3O/c1-8-6-5-7-9(12-8)13-10(15)14-11(2,3)4/h5-7H,1-4H3,(H2,12,13,14,15). The molecule has 0 bridgehead atoms. The number of carbonyl (C=O) groups is 1. The Labute approximate surface area is 90.1 Å². The molecule has 0 aliphatic carbocycles. The third-order valence-electron chi connectivity index (χ3n) is 1.62. The van der Waals surface area contributed by atoms with E-state index in [4.69, 9.17) is 0 Å². The zero-order valence-electron chi connectivity index (χ0n) is 9.59. The Balaban J connectivity index is 2.59. The van der Waals surface area contributed by atoms with Gasteiger partial charge in [0.05, 0.1) is 0 Å². The Kier molecular flexibility index (Phi) is 3.29. The molecule has 1 rings (SSSR count). The second-order valence-corrected chi connectivity index (χ2v) is 4.49. The van der Waals surface area contributed by atoms with Crippen molar-refractivity contribution in [3.8, 4) is 0 Å². The van der Waals surface area contributed by atoms with Crippen LogP contribution >= 0.6 is 0 Å². The lowest BCUT2D eigenvalue weighted by Crippen LogP contribution is -2.43. The smallest absolute Gasteiger partial charge is 0.320 e. The van der Waals surface area contributed by atoms with Crippen LogP contribution in [0.5, 0.6) is 0 Å². The van der Waals surface area contributed by atoms with E-state index in [9.17, 15) is 4.79 Å². The molecule has 0 spiro atoms. The van der Waals surface area contributed by atoms with Gasteiger partial charge in [-0.15, -0.1) is 0 Å². The first-order chi connectivity index (χ1) is 6.87. The number of urea groups is 1. The Morgan fingerprint density at radius 2 is 2.00 bits per heavy atom. The van der Waals surface area contributed by atoms with E-state index < -0.39 is 0 Å². The van der Waals surface area contributed by atoms with Crippen LogP contribution in [0.15, 0.2) is 18.2 Å². The molecular weight excluding hydrogens is 190 g/mol. The van der Waals surface area contributed by atoms with Gasteiger partial charge in [-0.3, -0.25) is 5.32 Å². The van der Waals surface area contributed by atoms with Gasteiger partial charge < -0.3 is 5.32 Å². The lowest BCUT2D eigenvalue weighted by molar-refractivity contribution is 0.243. The molecule has 15 heavy (non-hydrogen) atoms. The van der Waals surface area contributed by atoms with Gasteiger partial charge >= 0.3 is 6.03 Å². The minimum Gasteiger partial charge on any atom is -0.333 e. The first-order valence-corrected chi connectivity index (χ1v) is 4.90. The zero-order chi connectivity index (χ0) is 11.5. The van der Waals surface area contributed by atoms with Crippen LogP contribution < -0.4 is 10.6 Å². The summed E-state index contributed by atoms with van der Waals surface area (Å²) in [5.74, 6) is 0.566. The maximum absolute atomic E-state index is 11.5. The number of aryl methyl sites for hydroxylation is 1. The quantitative estimate of drug-likeness (QED) is 0.742. The first-order valence-electron chi connectivity index (χ1n) is 4.90. The largest absolute Gasteiger partial charge is 0.333 e. The Morgan fingerprint density at radius 1 is 1.33 bits per heavy atom. The maximum Gasteiger partial charge on any atom is 0.320 e. The van der Waals surface area contributed by atoms with Crippen molar-refractivity contribution in [2.75, 3.05) is 5.32 Å². The Hall–Kier alpha value is -1.58. The van der Waals surface area contributed by atoms with Gasteiger partial charge in [-0.25, -0.2) is 9.78 Å². The number of amides is 2. The molecule has 2 N–H and O–H groups in total. The number of hydrogen-bond acceptors (Lipinski definition) is 2. The summed E-state index contributed by atoms with van der Waals surface area (Å²) in [6, 6.07) is 5.26. The van der Waals surface area contributed by atoms with Crippen LogP contribution in [-0.2, 0) is 0 Å². The number of anilines is 1. The molecule has 0 aliphatic rings. The lowest BCUT2D eigenvalue weighted by Gasteiger charge is -2.20. The molecule has 0 saturated heterocycles. The van der Waals surface area contributed by atoms with Gasteiger partial charge in [0.25, 0.3) is 0 Å². The molecule has 0 aromatic carbocycles. The molecule has 0 atom stereocenters. The minimum absolute atomic E-state index is 0.236. The molecule has 1 aromatic heterocycles. The number of nitrogens with one attached hydrogen (secondary N) is 2. The summed E-state index contributed by atoms with van der Waals surface area (Å²) in [5, 5.41) is 5.48. The van der Waals surface area contributed by atoms with E-state index in [1.54, 1.807) is 6.07 Å². The van der Waals surface area contributed by atoms with Crippen molar-refractivity contribution in [2.24, 2.45) is 0 Å². The maximum atomic E-state index is 11.5. The van der Waals surface area contributed by atoms with Crippen LogP contribution in [0.25, 0.3) is 0 Å². The fraction of sp³-hybridized carbons (Fsp3) is 0.455. The molecule has 0 radical (unpaired) electrons. The highest BCUT2D eigenvalue weighted by Crippen LogP contribution is 2.05. The van der Waals surface area contributed by atoms with Crippen molar-refractivity contribution in [1.82, 2.24) is 10.3 Å². The van der Waals surface area contributed by atoms with Gasteiger partial charge in [0, 0.05) is 11.2 Å². The molecule has 0 aliphatic heterocycles. The molecule has 2 amide bonds.